The predicted molar refractivity (Wildman–Crippen MR) is 126 cm³/mol. The summed E-state index contributed by atoms with van der Waals surface area (Å²) in [5.74, 6) is 0.454. The highest BCUT2D eigenvalue weighted by molar-refractivity contribution is 14.0. The molecule has 1 fully saturated rings. The van der Waals surface area contributed by atoms with Crippen LogP contribution in [0.1, 0.15) is 53.3 Å². The number of fused-ring (bicyclic) bond motifs is 1. The van der Waals surface area contributed by atoms with Gasteiger partial charge in [0, 0.05) is 32.7 Å². The highest BCUT2D eigenvalue weighted by Gasteiger charge is 2.34. The van der Waals surface area contributed by atoms with Crippen LogP contribution in [0.15, 0.2) is 29.3 Å². The molecule has 2 aliphatic heterocycles. The summed E-state index contributed by atoms with van der Waals surface area (Å²) >= 11 is 0. The lowest BCUT2D eigenvalue weighted by molar-refractivity contribution is 0.0652. The van der Waals surface area contributed by atoms with E-state index >= 15 is 0 Å². The first-order valence-corrected chi connectivity index (χ1v) is 10.3. The molecular formula is C21H32IN5O2. The van der Waals surface area contributed by atoms with Crippen molar-refractivity contribution < 1.29 is 9.59 Å². The third kappa shape index (κ3) is 5.69. The number of likely N-dealkylation sites (tertiary alicyclic amines) is 1. The minimum atomic E-state index is -0.178. The fourth-order valence-corrected chi connectivity index (χ4v) is 4.02. The van der Waals surface area contributed by atoms with Crippen molar-refractivity contribution in [2.45, 2.75) is 38.6 Å². The van der Waals surface area contributed by atoms with Gasteiger partial charge in [-0.15, -0.1) is 24.0 Å². The average molecular weight is 513 g/mol. The highest BCUT2D eigenvalue weighted by atomic mass is 127. The number of imide groups is 1. The molecule has 1 atom stereocenters. The fourth-order valence-electron chi connectivity index (χ4n) is 4.02. The zero-order valence-electron chi connectivity index (χ0n) is 17.3. The molecule has 1 aromatic carbocycles. The van der Waals surface area contributed by atoms with Gasteiger partial charge in [-0.25, -0.2) is 0 Å². The molecule has 0 bridgehead atoms. The Hall–Kier alpha value is -1.68. The molecule has 0 aliphatic carbocycles. The van der Waals surface area contributed by atoms with E-state index in [4.69, 9.17) is 0 Å². The Bertz CT molecular complexity index is 705. The molecule has 0 saturated carbocycles. The van der Waals surface area contributed by atoms with E-state index in [-0.39, 0.29) is 35.8 Å². The normalized spacial score (nSPS) is 19.3. The van der Waals surface area contributed by atoms with Crippen molar-refractivity contribution in [2.75, 3.05) is 39.8 Å². The number of benzene rings is 1. The number of unbranched alkanes of at least 4 members (excludes halogenated alkanes) is 1. The first kappa shape index (κ1) is 23.6. The number of nitrogens with zero attached hydrogens (tertiary/aromatic N) is 3. The van der Waals surface area contributed by atoms with Crippen molar-refractivity contribution in [1.82, 2.24) is 20.4 Å². The lowest BCUT2D eigenvalue weighted by Crippen LogP contribution is -2.45. The van der Waals surface area contributed by atoms with Crippen LogP contribution in [-0.2, 0) is 0 Å². The summed E-state index contributed by atoms with van der Waals surface area (Å²) in [5.41, 5.74) is 1.03. The Morgan fingerprint density at radius 2 is 1.83 bits per heavy atom. The average Bonchev–Trinajstić information content (AvgIpc) is 3.28. The van der Waals surface area contributed by atoms with Crippen LogP contribution in [0.4, 0.5) is 0 Å². The van der Waals surface area contributed by atoms with Gasteiger partial charge in [-0.2, -0.15) is 0 Å². The molecule has 1 unspecified atom stereocenters. The second kappa shape index (κ2) is 11.5. The van der Waals surface area contributed by atoms with E-state index in [1.807, 2.05) is 0 Å². The molecule has 0 aromatic heterocycles. The van der Waals surface area contributed by atoms with Gasteiger partial charge in [-0.3, -0.25) is 24.4 Å². The third-order valence-corrected chi connectivity index (χ3v) is 5.61. The quantitative estimate of drug-likeness (QED) is 0.184. The Labute approximate surface area is 190 Å². The Balaban J connectivity index is 0.00000300. The van der Waals surface area contributed by atoms with Crippen LogP contribution in [0, 0.1) is 0 Å². The SMILES string of the molecule is CCN1CCCC1CNC(=NC)NCCCCN1C(=O)c2ccccc2C1=O.I. The minimum Gasteiger partial charge on any atom is -0.356 e. The van der Waals surface area contributed by atoms with Gasteiger partial charge in [0.25, 0.3) is 11.8 Å². The molecule has 8 heteroatoms. The maximum atomic E-state index is 12.3. The summed E-state index contributed by atoms with van der Waals surface area (Å²) in [6, 6.07) is 7.61. The maximum absolute atomic E-state index is 12.3. The number of aliphatic imine (C=N–C) groups is 1. The zero-order chi connectivity index (χ0) is 19.9. The summed E-state index contributed by atoms with van der Waals surface area (Å²) in [5, 5.41) is 6.74. The number of halogens is 1. The Kier molecular flexibility index (Phi) is 9.35. The van der Waals surface area contributed by atoms with Crippen LogP contribution in [-0.4, -0.2) is 73.4 Å². The standard InChI is InChI=1S/C21H31N5O2.HI/c1-3-25-13-8-9-16(25)15-24-21(22-2)23-12-6-7-14-26-19(27)17-10-4-5-11-18(17)20(26)28;/h4-5,10-11,16H,3,6-9,12-15H2,1-2H3,(H2,22,23,24);1H. The summed E-state index contributed by atoms with van der Waals surface area (Å²) in [6.07, 6.45) is 4.13. The fraction of sp³-hybridized carbons (Fsp3) is 0.571. The van der Waals surface area contributed by atoms with Crippen LogP contribution in [0.2, 0.25) is 0 Å². The van der Waals surface area contributed by atoms with Crippen LogP contribution in [0.3, 0.4) is 0 Å². The topological polar surface area (TPSA) is 77.0 Å². The van der Waals surface area contributed by atoms with Gasteiger partial charge in [0.05, 0.1) is 11.1 Å². The van der Waals surface area contributed by atoms with E-state index in [0.717, 1.165) is 38.4 Å². The largest absolute Gasteiger partial charge is 0.356 e. The second-order valence-electron chi connectivity index (χ2n) is 7.32. The number of nitrogens with one attached hydrogen (secondary N) is 2. The maximum Gasteiger partial charge on any atom is 0.261 e. The van der Waals surface area contributed by atoms with E-state index in [1.165, 1.54) is 24.3 Å². The van der Waals surface area contributed by atoms with Crippen LogP contribution in [0.25, 0.3) is 0 Å². The van der Waals surface area contributed by atoms with Gasteiger partial charge in [-0.05, 0) is 50.9 Å². The highest BCUT2D eigenvalue weighted by Crippen LogP contribution is 2.22. The van der Waals surface area contributed by atoms with Crippen molar-refractivity contribution in [3.63, 3.8) is 0 Å². The number of carbonyl (C=O) groups excluding carboxylic acids is 2. The van der Waals surface area contributed by atoms with Gasteiger partial charge in [0.15, 0.2) is 5.96 Å². The number of rotatable bonds is 8. The van der Waals surface area contributed by atoms with Gasteiger partial charge in [0.2, 0.25) is 0 Å². The first-order valence-electron chi connectivity index (χ1n) is 10.3. The molecule has 2 N–H and O–H groups in total. The third-order valence-electron chi connectivity index (χ3n) is 5.61. The molecule has 0 spiro atoms. The van der Waals surface area contributed by atoms with E-state index in [1.54, 1.807) is 31.3 Å². The molecule has 3 rings (SSSR count). The van der Waals surface area contributed by atoms with Crippen LogP contribution >= 0.6 is 24.0 Å². The van der Waals surface area contributed by atoms with Crippen molar-refractivity contribution in [1.29, 1.82) is 0 Å². The van der Waals surface area contributed by atoms with E-state index in [0.29, 0.717) is 23.7 Å². The number of hydrogen-bond acceptors (Lipinski definition) is 4. The lowest BCUT2D eigenvalue weighted by atomic mass is 10.1. The van der Waals surface area contributed by atoms with Crippen LogP contribution < -0.4 is 10.6 Å². The number of likely N-dealkylation sites (N-methyl/N-ethyl adjacent to an activating group) is 1. The number of carbonyl (C=O) groups is 2. The molecule has 2 aliphatic rings. The van der Waals surface area contributed by atoms with E-state index in [9.17, 15) is 9.59 Å². The molecule has 29 heavy (non-hydrogen) atoms. The molecule has 2 amide bonds. The second-order valence-corrected chi connectivity index (χ2v) is 7.32. The number of amides is 2. The zero-order valence-corrected chi connectivity index (χ0v) is 19.6. The smallest absolute Gasteiger partial charge is 0.261 e. The van der Waals surface area contributed by atoms with Gasteiger partial charge in [-0.1, -0.05) is 19.1 Å². The summed E-state index contributed by atoms with van der Waals surface area (Å²) < 4.78 is 0. The molecule has 7 nitrogen and oxygen atoms in total. The van der Waals surface area contributed by atoms with Gasteiger partial charge < -0.3 is 10.6 Å². The van der Waals surface area contributed by atoms with Crippen molar-refractivity contribution >= 4 is 41.8 Å². The molecule has 2 heterocycles. The molecule has 1 aromatic rings. The summed E-state index contributed by atoms with van der Waals surface area (Å²) in [7, 11) is 1.78. The Morgan fingerprint density at radius 3 is 2.45 bits per heavy atom. The number of hydrogen-bond donors (Lipinski definition) is 2. The van der Waals surface area contributed by atoms with E-state index < -0.39 is 0 Å². The molecular weight excluding hydrogens is 481 g/mol. The Morgan fingerprint density at radius 1 is 1.14 bits per heavy atom. The van der Waals surface area contributed by atoms with Crippen molar-refractivity contribution in [3.8, 4) is 0 Å². The van der Waals surface area contributed by atoms with Crippen molar-refractivity contribution in [3.05, 3.63) is 35.4 Å². The summed E-state index contributed by atoms with van der Waals surface area (Å²) in [4.78, 5) is 32.8. The molecule has 1 saturated heterocycles. The van der Waals surface area contributed by atoms with Gasteiger partial charge in [0.1, 0.15) is 0 Å². The number of guanidine groups is 1. The van der Waals surface area contributed by atoms with Gasteiger partial charge >= 0.3 is 0 Å². The molecule has 0 radical (unpaired) electrons. The van der Waals surface area contributed by atoms with Crippen molar-refractivity contribution in [2.24, 2.45) is 4.99 Å². The molecule has 160 valence electrons. The lowest BCUT2D eigenvalue weighted by Gasteiger charge is -2.24. The van der Waals surface area contributed by atoms with E-state index in [2.05, 4.69) is 27.4 Å². The first-order chi connectivity index (χ1) is 13.7. The minimum absolute atomic E-state index is 0. The monoisotopic (exact) mass is 513 g/mol. The predicted octanol–water partition coefficient (Wildman–Crippen LogP) is 2.33. The van der Waals surface area contributed by atoms with Crippen LogP contribution in [0.5, 0.6) is 0 Å². The summed E-state index contributed by atoms with van der Waals surface area (Å²) in [6.45, 7) is 6.60.